The second kappa shape index (κ2) is 8.11. The minimum absolute atomic E-state index is 0.0409. The van der Waals surface area contributed by atoms with E-state index in [0.717, 1.165) is 19.3 Å². The molecular formula is C12H24N2O3S2. The van der Waals surface area contributed by atoms with Crippen molar-refractivity contribution in [3.05, 3.63) is 0 Å². The molecule has 112 valence electrons. The summed E-state index contributed by atoms with van der Waals surface area (Å²) in [7, 11) is -2.86. The number of unbranched alkanes of at least 4 members (excludes halogenated alkanes) is 1. The molecule has 1 rings (SSSR count). The molecule has 7 heteroatoms. The lowest BCUT2D eigenvalue weighted by atomic mass is 10.1. The molecule has 2 unspecified atom stereocenters. The molecule has 0 aliphatic carbocycles. The predicted octanol–water partition coefficient (Wildman–Crippen LogP) is 0.540. The third kappa shape index (κ3) is 6.63. The molecule has 0 saturated carbocycles. The van der Waals surface area contributed by atoms with Crippen LogP contribution in [0.1, 0.15) is 32.6 Å². The molecule has 1 fully saturated rings. The van der Waals surface area contributed by atoms with E-state index in [0.29, 0.717) is 18.7 Å². The highest BCUT2D eigenvalue weighted by atomic mass is 32.2. The Bertz CT molecular complexity index is 384. The molecule has 1 heterocycles. The summed E-state index contributed by atoms with van der Waals surface area (Å²) in [4.78, 5) is 11.8. The summed E-state index contributed by atoms with van der Waals surface area (Å²) in [6.07, 6.45) is 3.70. The maximum Gasteiger partial charge on any atom is 0.230 e. The third-order valence-corrected chi connectivity index (χ3v) is 6.48. The Morgan fingerprint density at radius 2 is 2.26 bits per heavy atom. The molecule has 19 heavy (non-hydrogen) atoms. The van der Waals surface area contributed by atoms with Crippen LogP contribution in [0.5, 0.6) is 0 Å². The second-order valence-corrected chi connectivity index (χ2v) is 8.50. The standard InChI is InChI=1S/C12H24N2O3S2/c1-2-3-4-10(7-13)14-12(15)8-18-11-5-6-19(16,17)9-11/h10-11H,2-9,13H2,1H3,(H,14,15). The van der Waals surface area contributed by atoms with E-state index in [1.54, 1.807) is 0 Å². The first kappa shape index (κ1) is 16.8. The minimum atomic E-state index is -2.86. The van der Waals surface area contributed by atoms with E-state index >= 15 is 0 Å². The first-order chi connectivity index (χ1) is 8.96. The molecule has 0 radical (unpaired) electrons. The van der Waals surface area contributed by atoms with Crippen molar-refractivity contribution in [2.75, 3.05) is 23.8 Å². The molecule has 1 amide bonds. The number of rotatable bonds is 8. The SMILES string of the molecule is CCCCC(CN)NC(=O)CSC1CCS(=O)(=O)C1. The van der Waals surface area contributed by atoms with E-state index in [-0.39, 0.29) is 28.7 Å². The summed E-state index contributed by atoms with van der Waals surface area (Å²) < 4.78 is 22.6. The van der Waals surface area contributed by atoms with Crippen molar-refractivity contribution in [1.82, 2.24) is 5.32 Å². The number of nitrogens with one attached hydrogen (secondary N) is 1. The van der Waals surface area contributed by atoms with Gasteiger partial charge in [-0.15, -0.1) is 11.8 Å². The van der Waals surface area contributed by atoms with Crippen LogP contribution in [0.4, 0.5) is 0 Å². The van der Waals surface area contributed by atoms with Crippen LogP contribution in [-0.4, -0.2) is 49.4 Å². The molecule has 0 bridgehead atoms. The summed E-state index contributed by atoms with van der Waals surface area (Å²) >= 11 is 1.44. The smallest absolute Gasteiger partial charge is 0.230 e. The number of amides is 1. The van der Waals surface area contributed by atoms with Gasteiger partial charge in [0.25, 0.3) is 0 Å². The number of carbonyl (C=O) groups is 1. The maximum absolute atomic E-state index is 11.8. The van der Waals surface area contributed by atoms with E-state index in [4.69, 9.17) is 5.73 Å². The van der Waals surface area contributed by atoms with Crippen LogP contribution < -0.4 is 11.1 Å². The second-order valence-electron chi connectivity index (χ2n) is 4.98. The average Bonchev–Trinajstić information content (AvgIpc) is 2.71. The average molecular weight is 308 g/mol. The highest BCUT2D eigenvalue weighted by molar-refractivity contribution is 8.02. The lowest BCUT2D eigenvalue weighted by molar-refractivity contribution is -0.119. The summed E-state index contributed by atoms with van der Waals surface area (Å²) in [5.74, 6) is 0.749. The van der Waals surface area contributed by atoms with Crippen LogP contribution in [-0.2, 0) is 14.6 Å². The van der Waals surface area contributed by atoms with Crippen LogP contribution in [0.25, 0.3) is 0 Å². The van der Waals surface area contributed by atoms with Gasteiger partial charge in [-0.3, -0.25) is 4.79 Å². The van der Waals surface area contributed by atoms with Crippen LogP contribution in [0, 0.1) is 0 Å². The zero-order valence-corrected chi connectivity index (χ0v) is 13.1. The van der Waals surface area contributed by atoms with Crippen molar-refractivity contribution in [2.24, 2.45) is 5.73 Å². The predicted molar refractivity (Wildman–Crippen MR) is 80.0 cm³/mol. The number of thioether (sulfide) groups is 1. The minimum Gasteiger partial charge on any atom is -0.351 e. The van der Waals surface area contributed by atoms with E-state index in [2.05, 4.69) is 12.2 Å². The number of nitrogens with two attached hydrogens (primary N) is 1. The lowest BCUT2D eigenvalue weighted by Gasteiger charge is -2.17. The largest absolute Gasteiger partial charge is 0.351 e. The van der Waals surface area contributed by atoms with Crippen molar-refractivity contribution >= 4 is 27.5 Å². The fourth-order valence-corrected chi connectivity index (χ4v) is 5.51. The zero-order chi connectivity index (χ0) is 14.3. The van der Waals surface area contributed by atoms with E-state index in [1.807, 2.05) is 0 Å². The molecule has 1 aliphatic heterocycles. The van der Waals surface area contributed by atoms with E-state index < -0.39 is 9.84 Å². The molecule has 0 aromatic rings. The Kier molecular flexibility index (Phi) is 7.17. The topological polar surface area (TPSA) is 89.3 Å². The molecular weight excluding hydrogens is 284 g/mol. The number of hydrogen-bond acceptors (Lipinski definition) is 5. The highest BCUT2D eigenvalue weighted by Gasteiger charge is 2.28. The van der Waals surface area contributed by atoms with Gasteiger partial charge in [0.2, 0.25) is 5.91 Å². The van der Waals surface area contributed by atoms with Gasteiger partial charge in [0.15, 0.2) is 9.84 Å². The van der Waals surface area contributed by atoms with Gasteiger partial charge in [0, 0.05) is 17.8 Å². The molecule has 3 N–H and O–H groups in total. The number of sulfone groups is 1. The molecule has 1 aliphatic rings. The highest BCUT2D eigenvalue weighted by Crippen LogP contribution is 2.23. The van der Waals surface area contributed by atoms with Crippen molar-refractivity contribution in [3.8, 4) is 0 Å². The molecule has 0 aromatic carbocycles. The third-order valence-electron chi connectivity index (χ3n) is 3.20. The van der Waals surface area contributed by atoms with Crippen LogP contribution in [0.15, 0.2) is 0 Å². The summed E-state index contributed by atoms with van der Waals surface area (Å²) in [5, 5.41) is 2.98. The maximum atomic E-state index is 11.8. The van der Waals surface area contributed by atoms with Gasteiger partial charge in [0.05, 0.1) is 17.3 Å². The van der Waals surface area contributed by atoms with E-state index in [1.165, 1.54) is 11.8 Å². The summed E-state index contributed by atoms with van der Waals surface area (Å²) in [5.41, 5.74) is 5.61. The monoisotopic (exact) mass is 308 g/mol. The van der Waals surface area contributed by atoms with Crippen LogP contribution >= 0.6 is 11.8 Å². The molecule has 2 atom stereocenters. The quantitative estimate of drug-likeness (QED) is 0.683. The van der Waals surface area contributed by atoms with Crippen molar-refractivity contribution in [2.45, 2.75) is 43.9 Å². The van der Waals surface area contributed by atoms with Gasteiger partial charge >= 0.3 is 0 Å². The summed E-state index contributed by atoms with van der Waals surface area (Å²) in [6, 6.07) is 0.0420. The number of hydrogen-bond donors (Lipinski definition) is 2. The molecule has 0 aromatic heterocycles. The van der Waals surface area contributed by atoms with Gasteiger partial charge in [0.1, 0.15) is 0 Å². The zero-order valence-electron chi connectivity index (χ0n) is 11.4. The Balaban J connectivity index is 2.23. The Labute approximate surface area is 120 Å². The van der Waals surface area contributed by atoms with Gasteiger partial charge < -0.3 is 11.1 Å². The van der Waals surface area contributed by atoms with E-state index in [9.17, 15) is 13.2 Å². The lowest BCUT2D eigenvalue weighted by Crippen LogP contribution is -2.41. The Morgan fingerprint density at radius 1 is 1.53 bits per heavy atom. The molecule has 1 saturated heterocycles. The molecule has 0 spiro atoms. The first-order valence-electron chi connectivity index (χ1n) is 6.78. The van der Waals surface area contributed by atoms with Gasteiger partial charge in [-0.2, -0.15) is 0 Å². The fraction of sp³-hybridized carbons (Fsp3) is 0.917. The van der Waals surface area contributed by atoms with Gasteiger partial charge in [-0.1, -0.05) is 19.8 Å². The summed E-state index contributed by atoms with van der Waals surface area (Å²) in [6.45, 7) is 2.56. The van der Waals surface area contributed by atoms with Crippen LogP contribution in [0.3, 0.4) is 0 Å². The van der Waals surface area contributed by atoms with Crippen LogP contribution in [0.2, 0.25) is 0 Å². The van der Waals surface area contributed by atoms with Crippen molar-refractivity contribution < 1.29 is 13.2 Å². The normalized spacial score (nSPS) is 23.2. The molecule has 5 nitrogen and oxygen atoms in total. The Morgan fingerprint density at radius 3 is 2.79 bits per heavy atom. The van der Waals surface area contributed by atoms with Gasteiger partial charge in [-0.25, -0.2) is 8.42 Å². The Hall–Kier alpha value is -0.270. The number of carbonyl (C=O) groups excluding carboxylic acids is 1. The first-order valence-corrected chi connectivity index (χ1v) is 9.65. The fourth-order valence-electron chi connectivity index (χ4n) is 2.05. The van der Waals surface area contributed by atoms with Gasteiger partial charge in [-0.05, 0) is 12.8 Å². The van der Waals surface area contributed by atoms with Crippen molar-refractivity contribution in [1.29, 1.82) is 0 Å². The van der Waals surface area contributed by atoms with Crippen molar-refractivity contribution in [3.63, 3.8) is 0 Å².